The number of tetrazole rings is 1. The minimum atomic E-state index is -0.436. The van der Waals surface area contributed by atoms with Crippen LogP contribution >= 0.6 is 11.3 Å². The molecular formula is C15H12N4O2S. The lowest BCUT2D eigenvalue weighted by atomic mass is 10.3. The van der Waals surface area contributed by atoms with Crippen LogP contribution in [0.2, 0.25) is 0 Å². The number of benzene rings is 1. The summed E-state index contributed by atoms with van der Waals surface area (Å²) in [5.74, 6) is 0.0253. The van der Waals surface area contributed by atoms with Gasteiger partial charge in [0.15, 0.2) is 12.4 Å². The minimum absolute atomic E-state index is 0.00864. The van der Waals surface area contributed by atoms with Gasteiger partial charge in [-0.2, -0.15) is 16.0 Å². The molecule has 2 aromatic heterocycles. The lowest BCUT2D eigenvalue weighted by Crippen LogP contribution is -2.08. The number of thiophene rings is 1. The number of carbonyl (C=O) groups is 1. The standard InChI is InChI=1S/C15H12N4O2S/c20-15(7-6-12-8-9-22-11-12)21-10-14-16-17-18-19(14)13-4-2-1-3-5-13/h1-9,11H,10H2/b7-6+. The van der Waals surface area contributed by atoms with E-state index in [1.807, 2.05) is 47.2 Å². The Morgan fingerprint density at radius 2 is 2.14 bits per heavy atom. The zero-order valence-corrected chi connectivity index (χ0v) is 12.3. The van der Waals surface area contributed by atoms with Gasteiger partial charge in [-0.05, 0) is 51.0 Å². The maximum Gasteiger partial charge on any atom is 0.331 e. The van der Waals surface area contributed by atoms with E-state index in [1.54, 1.807) is 17.4 Å². The highest BCUT2D eigenvalue weighted by Crippen LogP contribution is 2.09. The van der Waals surface area contributed by atoms with Crippen molar-refractivity contribution < 1.29 is 9.53 Å². The highest BCUT2D eigenvalue weighted by molar-refractivity contribution is 7.08. The third-order valence-electron chi connectivity index (χ3n) is 2.83. The molecule has 0 bridgehead atoms. The van der Waals surface area contributed by atoms with Crippen molar-refractivity contribution in [3.63, 3.8) is 0 Å². The molecule has 2 heterocycles. The van der Waals surface area contributed by atoms with Gasteiger partial charge in [0.05, 0.1) is 5.69 Å². The largest absolute Gasteiger partial charge is 0.454 e. The zero-order valence-electron chi connectivity index (χ0n) is 11.5. The molecule has 0 fully saturated rings. The molecule has 0 saturated carbocycles. The Morgan fingerprint density at radius 3 is 2.91 bits per heavy atom. The first-order chi connectivity index (χ1) is 10.8. The number of para-hydroxylation sites is 1. The van der Waals surface area contributed by atoms with E-state index in [4.69, 9.17) is 4.74 Å². The van der Waals surface area contributed by atoms with Crippen LogP contribution in [0.15, 0.2) is 53.2 Å². The SMILES string of the molecule is O=C(/C=C/c1ccsc1)OCc1nnnn1-c1ccccc1. The van der Waals surface area contributed by atoms with Crippen LogP contribution in [0.1, 0.15) is 11.4 Å². The number of rotatable bonds is 5. The summed E-state index contributed by atoms with van der Waals surface area (Å²) in [5, 5.41) is 15.3. The monoisotopic (exact) mass is 312 g/mol. The van der Waals surface area contributed by atoms with E-state index in [9.17, 15) is 4.79 Å². The quantitative estimate of drug-likeness (QED) is 0.535. The summed E-state index contributed by atoms with van der Waals surface area (Å²) in [4.78, 5) is 11.7. The van der Waals surface area contributed by atoms with Crippen LogP contribution in [-0.2, 0) is 16.1 Å². The van der Waals surface area contributed by atoms with Crippen LogP contribution in [0.4, 0.5) is 0 Å². The van der Waals surface area contributed by atoms with Gasteiger partial charge in [0.1, 0.15) is 0 Å². The number of hydrogen-bond donors (Lipinski definition) is 0. The summed E-state index contributed by atoms with van der Waals surface area (Å²) < 4.78 is 6.70. The van der Waals surface area contributed by atoms with Gasteiger partial charge >= 0.3 is 5.97 Å². The first-order valence-electron chi connectivity index (χ1n) is 6.52. The zero-order chi connectivity index (χ0) is 15.2. The van der Waals surface area contributed by atoms with E-state index in [1.165, 1.54) is 10.8 Å². The molecule has 0 aliphatic carbocycles. The van der Waals surface area contributed by atoms with E-state index in [-0.39, 0.29) is 6.61 Å². The van der Waals surface area contributed by atoms with Crippen molar-refractivity contribution in [3.05, 3.63) is 64.6 Å². The first kappa shape index (κ1) is 14.2. The predicted octanol–water partition coefficient (Wildman–Crippen LogP) is 2.48. The molecular weight excluding hydrogens is 300 g/mol. The highest BCUT2D eigenvalue weighted by atomic mass is 32.1. The number of hydrogen-bond acceptors (Lipinski definition) is 6. The van der Waals surface area contributed by atoms with Gasteiger partial charge in [0.2, 0.25) is 0 Å². The molecule has 0 aliphatic heterocycles. The fourth-order valence-corrected chi connectivity index (χ4v) is 2.41. The molecule has 0 aliphatic rings. The van der Waals surface area contributed by atoms with Crippen molar-refractivity contribution in [2.45, 2.75) is 6.61 Å². The Balaban J connectivity index is 1.63. The normalized spacial score (nSPS) is 10.9. The van der Waals surface area contributed by atoms with Gasteiger partial charge in [-0.1, -0.05) is 18.2 Å². The van der Waals surface area contributed by atoms with Crippen molar-refractivity contribution in [3.8, 4) is 5.69 Å². The molecule has 0 saturated heterocycles. The van der Waals surface area contributed by atoms with E-state index in [0.29, 0.717) is 5.82 Å². The van der Waals surface area contributed by atoms with Crippen LogP contribution in [0, 0.1) is 0 Å². The third-order valence-corrected chi connectivity index (χ3v) is 3.53. The summed E-state index contributed by atoms with van der Waals surface area (Å²) >= 11 is 1.57. The van der Waals surface area contributed by atoms with Crippen LogP contribution in [0.5, 0.6) is 0 Å². The maximum absolute atomic E-state index is 11.7. The number of carbonyl (C=O) groups excluding carboxylic acids is 1. The first-order valence-corrected chi connectivity index (χ1v) is 7.47. The van der Waals surface area contributed by atoms with Crippen LogP contribution in [0.25, 0.3) is 11.8 Å². The van der Waals surface area contributed by atoms with Gasteiger partial charge in [-0.25, -0.2) is 4.79 Å². The fraction of sp³-hybridized carbons (Fsp3) is 0.0667. The van der Waals surface area contributed by atoms with Gasteiger partial charge < -0.3 is 4.74 Å². The third kappa shape index (κ3) is 3.44. The number of aromatic nitrogens is 4. The molecule has 1 aromatic carbocycles. The minimum Gasteiger partial charge on any atom is -0.454 e. The van der Waals surface area contributed by atoms with Gasteiger partial charge in [0, 0.05) is 6.08 Å². The Morgan fingerprint density at radius 1 is 1.27 bits per heavy atom. The van der Waals surface area contributed by atoms with E-state index in [0.717, 1.165) is 11.3 Å². The number of ether oxygens (including phenoxy) is 1. The smallest absolute Gasteiger partial charge is 0.331 e. The maximum atomic E-state index is 11.7. The molecule has 6 nitrogen and oxygen atoms in total. The van der Waals surface area contributed by atoms with E-state index < -0.39 is 5.97 Å². The Labute approximate surface area is 130 Å². The summed E-state index contributed by atoms with van der Waals surface area (Å²) in [6.07, 6.45) is 3.09. The lowest BCUT2D eigenvalue weighted by molar-refractivity contribution is -0.139. The van der Waals surface area contributed by atoms with Crippen LogP contribution in [0.3, 0.4) is 0 Å². The second-order valence-corrected chi connectivity index (χ2v) is 5.12. The van der Waals surface area contributed by atoms with Crippen LogP contribution in [-0.4, -0.2) is 26.2 Å². The molecule has 0 N–H and O–H groups in total. The molecule has 3 aromatic rings. The molecule has 22 heavy (non-hydrogen) atoms. The number of esters is 1. The van der Waals surface area contributed by atoms with Gasteiger partial charge in [-0.3, -0.25) is 0 Å². The summed E-state index contributed by atoms with van der Waals surface area (Å²) in [6, 6.07) is 11.3. The molecule has 0 atom stereocenters. The molecule has 0 spiro atoms. The second kappa shape index (κ2) is 6.77. The predicted molar refractivity (Wildman–Crippen MR) is 82.3 cm³/mol. The number of nitrogens with zero attached hydrogens (tertiary/aromatic N) is 4. The average Bonchev–Trinajstić information content (AvgIpc) is 3.23. The lowest BCUT2D eigenvalue weighted by Gasteiger charge is -2.04. The molecule has 0 radical (unpaired) electrons. The van der Waals surface area contributed by atoms with E-state index >= 15 is 0 Å². The van der Waals surface area contributed by atoms with Crippen molar-refractivity contribution in [1.29, 1.82) is 0 Å². The highest BCUT2D eigenvalue weighted by Gasteiger charge is 2.09. The molecule has 0 amide bonds. The second-order valence-electron chi connectivity index (χ2n) is 4.34. The van der Waals surface area contributed by atoms with Crippen molar-refractivity contribution in [1.82, 2.24) is 20.2 Å². The molecule has 0 unspecified atom stereocenters. The Hall–Kier alpha value is -2.80. The van der Waals surface area contributed by atoms with Crippen LogP contribution < -0.4 is 0 Å². The summed E-state index contributed by atoms with van der Waals surface area (Å²) in [6.45, 7) is 0.00864. The average molecular weight is 312 g/mol. The summed E-state index contributed by atoms with van der Waals surface area (Å²) in [5.41, 5.74) is 1.78. The molecule has 7 heteroatoms. The Kier molecular flexibility index (Phi) is 4.35. The molecule has 3 rings (SSSR count). The topological polar surface area (TPSA) is 69.9 Å². The fourth-order valence-electron chi connectivity index (χ4n) is 1.78. The molecule has 110 valence electrons. The van der Waals surface area contributed by atoms with Gasteiger partial charge in [-0.15, -0.1) is 5.10 Å². The van der Waals surface area contributed by atoms with E-state index in [2.05, 4.69) is 15.5 Å². The van der Waals surface area contributed by atoms with Crippen molar-refractivity contribution >= 4 is 23.4 Å². The Bertz CT molecular complexity index is 766. The summed E-state index contributed by atoms with van der Waals surface area (Å²) in [7, 11) is 0. The van der Waals surface area contributed by atoms with Gasteiger partial charge in [0.25, 0.3) is 0 Å². The van der Waals surface area contributed by atoms with Crippen molar-refractivity contribution in [2.24, 2.45) is 0 Å². The van der Waals surface area contributed by atoms with Crippen molar-refractivity contribution in [2.75, 3.05) is 0 Å².